The second-order valence-electron chi connectivity index (χ2n) is 9.05. The minimum Gasteiger partial charge on any atom is -0.466 e. The fourth-order valence-corrected chi connectivity index (χ4v) is 3.47. The van der Waals surface area contributed by atoms with Crippen LogP contribution in [0.2, 0.25) is 0 Å². The SMILES string of the molecule is CC(C)(C)CC(C)(C)C(=O)NCCCCCC(=O)OCCCCCCS. The van der Waals surface area contributed by atoms with Gasteiger partial charge in [0.05, 0.1) is 6.61 Å². The maximum Gasteiger partial charge on any atom is 0.305 e. The van der Waals surface area contributed by atoms with Crippen LogP contribution in [-0.2, 0) is 14.3 Å². The summed E-state index contributed by atoms with van der Waals surface area (Å²) in [5, 5.41) is 3.03. The second kappa shape index (κ2) is 13.5. The molecule has 0 bridgehead atoms. The average molecular weight is 388 g/mol. The fourth-order valence-electron chi connectivity index (χ4n) is 3.24. The van der Waals surface area contributed by atoms with Crippen LogP contribution >= 0.6 is 12.6 Å². The fraction of sp³-hybridized carbons (Fsp3) is 0.905. The number of rotatable bonds is 14. The summed E-state index contributed by atoms with van der Waals surface area (Å²) in [6.07, 6.45) is 8.28. The van der Waals surface area contributed by atoms with Crippen molar-refractivity contribution < 1.29 is 14.3 Å². The Morgan fingerprint density at radius 2 is 1.50 bits per heavy atom. The quantitative estimate of drug-likeness (QED) is 0.246. The predicted molar refractivity (Wildman–Crippen MR) is 113 cm³/mol. The van der Waals surface area contributed by atoms with Crippen molar-refractivity contribution in [2.24, 2.45) is 10.8 Å². The molecule has 0 heterocycles. The van der Waals surface area contributed by atoms with Gasteiger partial charge in [-0.3, -0.25) is 9.59 Å². The van der Waals surface area contributed by atoms with Gasteiger partial charge in [-0.05, 0) is 43.3 Å². The molecule has 0 aromatic heterocycles. The van der Waals surface area contributed by atoms with Crippen LogP contribution in [0.3, 0.4) is 0 Å². The van der Waals surface area contributed by atoms with Crippen LogP contribution in [0.15, 0.2) is 0 Å². The first-order valence-electron chi connectivity index (χ1n) is 10.1. The Morgan fingerprint density at radius 3 is 2.12 bits per heavy atom. The first kappa shape index (κ1) is 25.3. The molecule has 0 fully saturated rings. The lowest BCUT2D eigenvalue weighted by Gasteiger charge is -2.31. The number of hydrogen-bond acceptors (Lipinski definition) is 4. The third-order valence-electron chi connectivity index (χ3n) is 4.25. The third-order valence-corrected chi connectivity index (χ3v) is 4.56. The zero-order chi connectivity index (χ0) is 20.1. The van der Waals surface area contributed by atoms with Gasteiger partial charge in [0.1, 0.15) is 0 Å². The Morgan fingerprint density at radius 1 is 0.885 bits per heavy atom. The van der Waals surface area contributed by atoms with Crippen LogP contribution in [0, 0.1) is 10.8 Å². The minimum atomic E-state index is -0.352. The highest BCUT2D eigenvalue weighted by atomic mass is 32.1. The van der Waals surface area contributed by atoms with Crippen LogP contribution in [0.1, 0.15) is 92.4 Å². The molecule has 0 aliphatic carbocycles. The van der Waals surface area contributed by atoms with E-state index in [0.717, 1.165) is 57.1 Å². The number of unbranched alkanes of at least 4 members (excludes halogenated alkanes) is 5. The molecule has 0 radical (unpaired) electrons. The van der Waals surface area contributed by atoms with Crippen molar-refractivity contribution in [3.8, 4) is 0 Å². The van der Waals surface area contributed by atoms with Crippen molar-refractivity contribution in [2.45, 2.75) is 92.4 Å². The molecule has 0 aliphatic rings. The minimum absolute atomic E-state index is 0.102. The summed E-state index contributed by atoms with van der Waals surface area (Å²) in [6, 6.07) is 0. The van der Waals surface area contributed by atoms with Gasteiger partial charge >= 0.3 is 5.97 Å². The van der Waals surface area contributed by atoms with Gasteiger partial charge in [-0.2, -0.15) is 12.6 Å². The molecule has 0 rings (SSSR count). The van der Waals surface area contributed by atoms with Crippen molar-refractivity contribution in [1.82, 2.24) is 5.32 Å². The second-order valence-corrected chi connectivity index (χ2v) is 9.49. The van der Waals surface area contributed by atoms with E-state index >= 15 is 0 Å². The van der Waals surface area contributed by atoms with Crippen molar-refractivity contribution in [2.75, 3.05) is 18.9 Å². The smallest absolute Gasteiger partial charge is 0.305 e. The number of carbonyl (C=O) groups is 2. The molecule has 154 valence electrons. The summed E-state index contributed by atoms with van der Waals surface area (Å²) >= 11 is 4.17. The zero-order valence-corrected chi connectivity index (χ0v) is 18.6. The molecule has 0 aromatic carbocycles. The average Bonchev–Trinajstić information content (AvgIpc) is 2.51. The van der Waals surface area contributed by atoms with Crippen molar-refractivity contribution in [3.05, 3.63) is 0 Å². The standard InChI is InChI=1S/C21H41NO3S/c1-20(2,3)17-21(4,5)19(24)22-14-10-8-9-13-18(23)25-15-11-6-7-12-16-26/h26H,6-17H2,1-5H3,(H,22,24). The van der Waals surface area contributed by atoms with Crippen LogP contribution in [0.5, 0.6) is 0 Å². The van der Waals surface area contributed by atoms with Crippen molar-refractivity contribution in [3.63, 3.8) is 0 Å². The van der Waals surface area contributed by atoms with E-state index in [1.165, 1.54) is 0 Å². The number of carbonyl (C=O) groups excluding carboxylic acids is 2. The van der Waals surface area contributed by atoms with Crippen LogP contribution < -0.4 is 5.32 Å². The van der Waals surface area contributed by atoms with Gasteiger partial charge < -0.3 is 10.1 Å². The van der Waals surface area contributed by atoms with Gasteiger partial charge in [-0.25, -0.2) is 0 Å². The van der Waals surface area contributed by atoms with Gasteiger partial charge in [0.2, 0.25) is 5.91 Å². The van der Waals surface area contributed by atoms with E-state index in [4.69, 9.17) is 4.74 Å². The molecular weight excluding hydrogens is 346 g/mol. The summed E-state index contributed by atoms with van der Waals surface area (Å²) in [4.78, 5) is 23.9. The first-order chi connectivity index (χ1) is 12.1. The molecule has 26 heavy (non-hydrogen) atoms. The molecule has 0 spiro atoms. The van der Waals surface area contributed by atoms with Gasteiger partial charge in [-0.1, -0.05) is 53.9 Å². The molecule has 4 nitrogen and oxygen atoms in total. The summed E-state index contributed by atoms with van der Waals surface area (Å²) in [6.45, 7) is 11.7. The zero-order valence-electron chi connectivity index (χ0n) is 17.7. The monoisotopic (exact) mass is 387 g/mol. The van der Waals surface area contributed by atoms with Crippen LogP contribution in [0.4, 0.5) is 0 Å². The molecule has 5 heteroatoms. The third kappa shape index (κ3) is 14.5. The normalized spacial score (nSPS) is 12.1. The molecule has 0 saturated heterocycles. The van der Waals surface area contributed by atoms with Crippen LogP contribution in [-0.4, -0.2) is 30.8 Å². The van der Waals surface area contributed by atoms with E-state index in [1.807, 2.05) is 13.8 Å². The maximum atomic E-state index is 12.3. The predicted octanol–water partition coefficient (Wildman–Crippen LogP) is 5.16. The van der Waals surface area contributed by atoms with E-state index in [1.54, 1.807) is 0 Å². The number of nitrogens with one attached hydrogen (secondary N) is 1. The van der Waals surface area contributed by atoms with E-state index in [2.05, 4.69) is 38.7 Å². The lowest BCUT2D eigenvalue weighted by molar-refractivity contribution is -0.144. The summed E-state index contributed by atoms with van der Waals surface area (Å²) in [5.41, 5.74) is -0.220. The maximum absolute atomic E-state index is 12.3. The van der Waals surface area contributed by atoms with Gasteiger partial charge in [-0.15, -0.1) is 0 Å². The number of ether oxygens (including phenoxy) is 1. The molecular formula is C21H41NO3S. The molecule has 0 saturated carbocycles. The first-order valence-corrected chi connectivity index (χ1v) is 10.8. The number of esters is 1. The highest BCUT2D eigenvalue weighted by molar-refractivity contribution is 7.80. The van der Waals surface area contributed by atoms with Gasteiger partial charge in [0.25, 0.3) is 0 Å². The summed E-state index contributed by atoms with van der Waals surface area (Å²) in [5.74, 6) is 0.938. The van der Waals surface area contributed by atoms with Gasteiger partial charge in [0, 0.05) is 18.4 Å². The lowest BCUT2D eigenvalue weighted by atomic mass is 9.76. The summed E-state index contributed by atoms with van der Waals surface area (Å²) in [7, 11) is 0. The Kier molecular flexibility index (Phi) is 13.1. The Hall–Kier alpha value is -0.710. The lowest BCUT2D eigenvalue weighted by Crippen LogP contribution is -2.39. The van der Waals surface area contributed by atoms with E-state index in [9.17, 15) is 9.59 Å². The molecule has 0 aromatic rings. The molecule has 0 atom stereocenters. The summed E-state index contributed by atoms with van der Waals surface area (Å²) < 4.78 is 5.23. The Balaban J connectivity index is 3.65. The van der Waals surface area contributed by atoms with Gasteiger partial charge in [0.15, 0.2) is 0 Å². The molecule has 1 N–H and O–H groups in total. The largest absolute Gasteiger partial charge is 0.466 e. The van der Waals surface area contributed by atoms with E-state index in [0.29, 0.717) is 19.6 Å². The van der Waals surface area contributed by atoms with Crippen LogP contribution in [0.25, 0.3) is 0 Å². The topological polar surface area (TPSA) is 55.4 Å². The molecule has 1 amide bonds. The number of thiol groups is 1. The Labute approximate surface area is 166 Å². The number of amides is 1. The van der Waals surface area contributed by atoms with Crippen molar-refractivity contribution in [1.29, 1.82) is 0 Å². The Bertz CT molecular complexity index is 403. The highest BCUT2D eigenvalue weighted by Gasteiger charge is 2.32. The van der Waals surface area contributed by atoms with E-state index in [-0.39, 0.29) is 22.7 Å². The highest BCUT2D eigenvalue weighted by Crippen LogP contribution is 2.33. The molecule has 0 unspecified atom stereocenters. The molecule has 0 aliphatic heterocycles. The van der Waals surface area contributed by atoms with E-state index < -0.39 is 0 Å². The number of hydrogen-bond donors (Lipinski definition) is 2. The van der Waals surface area contributed by atoms with Crippen molar-refractivity contribution >= 4 is 24.5 Å².